The van der Waals surface area contributed by atoms with Gasteiger partial charge in [0.25, 0.3) is 0 Å². The summed E-state index contributed by atoms with van der Waals surface area (Å²) >= 11 is 0. The summed E-state index contributed by atoms with van der Waals surface area (Å²) in [7, 11) is 1.98. The molecular formula is C19H21N2O3+. The van der Waals surface area contributed by atoms with E-state index < -0.39 is 6.10 Å². The number of aromatic nitrogens is 2. The molecule has 0 aliphatic carbocycles. The SMILES string of the molecule is CC(=O)c1ccc(OC[C@H](O)Cn2c[n+](C)c3ccccc32)cc1. The van der Waals surface area contributed by atoms with Crippen molar-refractivity contribution < 1.29 is 19.2 Å². The molecule has 24 heavy (non-hydrogen) atoms. The molecule has 0 radical (unpaired) electrons. The second-order valence-electron chi connectivity index (χ2n) is 5.91. The smallest absolute Gasteiger partial charge is 0.244 e. The van der Waals surface area contributed by atoms with Crippen LogP contribution < -0.4 is 9.30 Å². The molecule has 1 aromatic heterocycles. The Kier molecular flexibility index (Phi) is 4.62. The molecule has 0 saturated carbocycles. The Morgan fingerprint density at radius 2 is 1.92 bits per heavy atom. The Bertz CT molecular complexity index is 853. The molecule has 0 fully saturated rings. The van der Waals surface area contributed by atoms with Crippen LogP contribution in [0.25, 0.3) is 11.0 Å². The Labute approximate surface area is 140 Å². The average Bonchev–Trinajstić information content (AvgIpc) is 2.90. The van der Waals surface area contributed by atoms with Gasteiger partial charge in [0.15, 0.2) is 16.8 Å². The van der Waals surface area contributed by atoms with Crippen LogP contribution in [0.3, 0.4) is 0 Å². The Hall–Kier alpha value is -2.66. The van der Waals surface area contributed by atoms with Crippen LogP contribution in [0.15, 0.2) is 54.9 Å². The van der Waals surface area contributed by atoms with Crippen molar-refractivity contribution in [2.45, 2.75) is 19.6 Å². The number of aliphatic hydroxyl groups excluding tert-OH is 1. The summed E-state index contributed by atoms with van der Waals surface area (Å²) in [6.45, 7) is 2.17. The standard InChI is InChI=1S/C19H21N2O3/c1-14(22)15-7-9-17(10-8-15)24-12-16(23)11-21-13-20(2)18-5-3-4-6-19(18)21/h3-10,13,16,23H,11-12H2,1-2H3/q+1/t16-/m1/s1. The first-order valence-corrected chi connectivity index (χ1v) is 7.90. The third-order valence-electron chi connectivity index (χ3n) is 3.99. The van der Waals surface area contributed by atoms with Gasteiger partial charge in [0, 0.05) is 5.56 Å². The van der Waals surface area contributed by atoms with E-state index >= 15 is 0 Å². The highest BCUT2D eigenvalue weighted by atomic mass is 16.5. The maximum absolute atomic E-state index is 11.2. The first-order chi connectivity index (χ1) is 11.5. The molecule has 0 saturated heterocycles. The van der Waals surface area contributed by atoms with Crippen LogP contribution in [0.4, 0.5) is 0 Å². The van der Waals surface area contributed by atoms with E-state index in [2.05, 4.69) is 0 Å². The van der Waals surface area contributed by atoms with Crippen LogP contribution in [0.5, 0.6) is 5.75 Å². The summed E-state index contributed by atoms with van der Waals surface area (Å²) in [5, 5.41) is 10.3. The first kappa shape index (κ1) is 16.2. The molecule has 0 spiro atoms. The van der Waals surface area contributed by atoms with Gasteiger partial charge in [0.1, 0.15) is 25.0 Å². The molecule has 5 nitrogen and oxygen atoms in total. The summed E-state index contributed by atoms with van der Waals surface area (Å²) in [4.78, 5) is 11.2. The molecule has 0 aliphatic heterocycles. The Morgan fingerprint density at radius 3 is 2.62 bits per heavy atom. The van der Waals surface area contributed by atoms with Crippen molar-refractivity contribution in [1.82, 2.24) is 4.57 Å². The number of benzene rings is 2. The molecule has 0 unspecified atom stereocenters. The number of Topliss-reactive ketones (excluding diaryl/α,β-unsaturated/α-hetero) is 1. The highest BCUT2D eigenvalue weighted by Crippen LogP contribution is 2.14. The highest BCUT2D eigenvalue weighted by molar-refractivity contribution is 5.94. The van der Waals surface area contributed by atoms with Gasteiger partial charge in [-0.1, -0.05) is 12.1 Å². The topological polar surface area (TPSA) is 55.3 Å². The number of fused-ring (bicyclic) bond motifs is 1. The second kappa shape index (κ2) is 6.84. The summed E-state index contributed by atoms with van der Waals surface area (Å²) in [6.07, 6.45) is 1.34. The third-order valence-corrected chi connectivity index (χ3v) is 3.99. The van der Waals surface area contributed by atoms with Crippen LogP contribution in [0.1, 0.15) is 17.3 Å². The molecule has 3 aromatic rings. The predicted molar refractivity (Wildman–Crippen MR) is 91.1 cm³/mol. The fourth-order valence-electron chi connectivity index (χ4n) is 2.74. The number of nitrogens with zero attached hydrogens (tertiary/aromatic N) is 2. The zero-order chi connectivity index (χ0) is 17.1. The van der Waals surface area contributed by atoms with Gasteiger partial charge in [-0.2, -0.15) is 0 Å². The average molecular weight is 325 g/mol. The minimum absolute atomic E-state index is 0.0222. The molecule has 0 bridgehead atoms. The van der Waals surface area contributed by atoms with Gasteiger partial charge in [-0.25, -0.2) is 9.13 Å². The van der Waals surface area contributed by atoms with Gasteiger partial charge < -0.3 is 9.84 Å². The largest absolute Gasteiger partial charge is 0.491 e. The van der Waals surface area contributed by atoms with Crippen molar-refractivity contribution in [3.8, 4) is 5.75 Å². The van der Waals surface area contributed by atoms with E-state index in [1.54, 1.807) is 24.3 Å². The zero-order valence-corrected chi connectivity index (χ0v) is 13.8. The molecule has 1 atom stereocenters. The minimum Gasteiger partial charge on any atom is -0.491 e. The fourth-order valence-corrected chi connectivity index (χ4v) is 2.74. The molecule has 124 valence electrons. The molecule has 1 heterocycles. The van der Waals surface area contributed by atoms with Crippen molar-refractivity contribution in [1.29, 1.82) is 0 Å². The summed E-state index contributed by atoms with van der Waals surface area (Å²) in [5.41, 5.74) is 2.84. The summed E-state index contributed by atoms with van der Waals surface area (Å²) in [5.74, 6) is 0.663. The van der Waals surface area contributed by atoms with Gasteiger partial charge in [-0.15, -0.1) is 0 Å². The van der Waals surface area contributed by atoms with Crippen LogP contribution >= 0.6 is 0 Å². The van der Waals surface area contributed by atoms with Crippen molar-refractivity contribution in [3.63, 3.8) is 0 Å². The Balaban J connectivity index is 1.63. The second-order valence-corrected chi connectivity index (χ2v) is 5.91. The first-order valence-electron chi connectivity index (χ1n) is 7.90. The zero-order valence-electron chi connectivity index (χ0n) is 13.8. The Morgan fingerprint density at radius 1 is 1.21 bits per heavy atom. The number of aliphatic hydroxyl groups is 1. The van der Waals surface area contributed by atoms with Crippen LogP contribution in [0, 0.1) is 0 Å². The van der Waals surface area contributed by atoms with Gasteiger partial charge >= 0.3 is 0 Å². The molecule has 1 N–H and O–H groups in total. The highest BCUT2D eigenvalue weighted by Gasteiger charge is 2.16. The number of ether oxygens (including phenoxy) is 1. The number of rotatable bonds is 6. The maximum Gasteiger partial charge on any atom is 0.244 e. The number of ketones is 1. The monoisotopic (exact) mass is 325 g/mol. The van der Waals surface area contributed by atoms with Crippen molar-refractivity contribution >= 4 is 16.8 Å². The number of para-hydroxylation sites is 2. The number of carbonyl (C=O) groups excluding carboxylic acids is 1. The van der Waals surface area contributed by atoms with E-state index in [1.807, 2.05) is 46.8 Å². The van der Waals surface area contributed by atoms with Crippen LogP contribution in [0.2, 0.25) is 0 Å². The third kappa shape index (κ3) is 3.46. The number of hydrogen-bond donors (Lipinski definition) is 1. The van der Waals surface area contributed by atoms with Gasteiger partial charge in [0.05, 0.1) is 7.05 Å². The lowest BCUT2D eigenvalue weighted by Crippen LogP contribution is -2.27. The van der Waals surface area contributed by atoms with Gasteiger partial charge in [-0.05, 0) is 43.3 Å². The number of carbonyl (C=O) groups is 1. The van der Waals surface area contributed by atoms with E-state index in [0.29, 0.717) is 17.9 Å². The normalized spacial score (nSPS) is 12.3. The van der Waals surface area contributed by atoms with Crippen LogP contribution in [-0.4, -0.2) is 28.2 Å². The molecule has 5 heteroatoms. The van der Waals surface area contributed by atoms with Gasteiger partial charge in [-0.3, -0.25) is 4.79 Å². The molecular weight excluding hydrogens is 304 g/mol. The lowest BCUT2D eigenvalue weighted by Gasteiger charge is -2.11. The predicted octanol–water partition coefficient (Wildman–Crippen LogP) is 2.11. The number of imidazole rings is 1. The molecule has 3 rings (SSSR count). The maximum atomic E-state index is 11.2. The molecule has 0 amide bonds. The molecule has 0 aliphatic rings. The van der Waals surface area contributed by atoms with Gasteiger partial charge in [0.2, 0.25) is 6.33 Å². The molecule has 2 aromatic carbocycles. The number of aryl methyl sites for hydroxylation is 1. The quantitative estimate of drug-likeness (QED) is 0.558. The van der Waals surface area contributed by atoms with E-state index in [9.17, 15) is 9.90 Å². The van der Waals surface area contributed by atoms with Crippen LogP contribution in [-0.2, 0) is 13.6 Å². The lowest BCUT2D eigenvalue weighted by molar-refractivity contribution is -0.645. The summed E-state index contributed by atoms with van der Waals surface area (Å²) in [6, 6.07) is 15.0. The van der Waals surface area contributed by atoms with E-state index in [1.165, 1.54) is 6.92 Å². The van der Waals surface area contributed by atoms with Crippen molar-refractivity contribution in [2.75, 3.05) is 6.61 Å². The summed E-state index contributed by atoms with van der Waals surface area (Å²) < 4.78 is 9.66. The van der Waals surface area contributed by atoms with E-state index in [-0.39, 0.29) is 12.4 Å². The number of hydrogen-bond acceptors (Lipinski definition) is 3. The van der Waals surface area contributed by atoms with E-state index in [0.717, 1.165) is 11.0 Å². The minimum atomic E-state index is -0.631. The fraction of sp³-hybridized carbons (Fsp3) is 0.263. The lowest BCUT2D eigenvalue weighted by atomic mass is 10.1. The van der Waals surface area contributed by atoms with Crippen molar-refractivity contribution in [3.05, 3.63) is 60.4 Å². The van der Waals surface area contributed by atoms with E-state index in [4.69, 9.17) is 4.74 Å². The van der Waals surface area contributed by atoms with Crippen molar-refractivity contribution in [2.24, 2.45) is 7.05 Å².